The highest BCUT2D eigenvalue weighted by molar-refractivity contribution is 7.99. The fourth-order valence-corrected chi connectivity index (χ4v) is 3.63. The highest BCUT2D eigenvalue weighted by Gasteiger charge is 2.18. The Hall–Kier alpha value is -2.35. The number of carbonyl (C=O) groups excluding carboxylic acids is 2. The van der Waals surface area contributed by atoms with Crippen molar-refractivity contribution in [2.24, 2.45) is 0 Å². The minimum atomic E-state index is -0.441. The van der Waals surface area contributed by atoms with Gasteiger partial charge in [-0.3, -0.25) is 10.1 Å². The van der Waals surface area contributed by atoms with Crippen LogP contribution in [0.5, 0.6) is 0 Å². The van der Waals surface area contributed by atoms with Crippen LogP contribution in [-0.4, -0.2) is 33.9 Å². The topological polar surface area (TPSA) is 97.1 Å². The maximum Gasteiger partial charge on any atom is 0.321 e. The second kappa shape index (κ2) is 8.35. The SMILES string of the molecule is Cc1cc(C)cc(-c2nnc(SCC(=O)NC(=O)NC3CCCC3)o2)c1. The maximum absolute atomic E-state index is 11.9. The molecule has 1 heterocycles. The number of urea groups is 1. The molecule has 0 atom stereocenters. The average molecular weight is 374 g/mol. The molecule has 1 aromatic heterocycles. The van der Waals surface area contributed by atoms with Crippen molar-refractivity contribution in [1.29, 1.82) is 0 Å². The highest BCUT2D eigenvalue weighted by atomic mass is 32.2. The molecule has 3 amide bonds. The van der Waals surface area contributed by atoms with Gasteiger partial charge in [0.1, 0.15) is 0 Å². The molecule has 0 radical (unpaired) electrons. The summed E-state index contributed by atoms with van der Waals surface area (Å²) in [5.41, 5.74) is 3.07. The fourth-order valence-electron chi connectivity index (χ4n) is 3.06. The Morgan fingerprint density at radius 1 is 1.15 bits per heavy atom. The first-order valence-corrected chi connectivity index (χ1v) is 9.63. The van der Waals surface area contributed by atoms with Gasteiger partial charge in [-0.1, -0.05) is 41.8 Å². The third-order valence-corrected chi connectivity index (χ3v) is 4.96. The first-order valence-electron chi connectivity index (χ1n) is 8.65. The number of amides is 3. The van der Waals surface area contributed by atoms with Crippen molar-refractivity contribution in [3.8, 4) is 11.5 Å². The number of hydrogen-bond acceptors (Lipinski definition) is 6. The van der Waals surface area contributed by atoms with Gasteiger partial charge in [-0.15, -0.1) is 10.2 Å². The van der Waals surface area contributed by atoms with E-state index in [-0.39, 0.29) is 11.8 Å². The second-order valence-corrected chi connectivity index (χ2v) is 7.47. The lowest BCUT2D eigenvalue weighted by atomic mass is 10.1. The monoisotopic (exact) mass is 374 g/mol. The van der Waals surface area contributed by atoms with E-state index >= 15 is 0 Å². The van der Waals surface area contributed by atoms with E-state index in [1.165, 1.54) is 0 Å². The smallest absolute Gasteiger partial charge is 0.321 e. The summed E-state index contributed by atoms with van der Waals surface area (Å²) in [5, 5.41) is 13.4. The molecule has 1 aliphatic carbocycles. The number of imide groups is 1. The molecule has 0 bridgehead atoms. The van der Waals surface area contributed by atoms with Crippen LogP contribution in [0.1, 0.15) is 36.8 Å². The van der Waals surface area contributed by atoms with Crippen molar-refractivity contribution in [2.45, 2.75) is 50.8 Å². The summed E-state index contributed by atoms with van der Waals surface area (Å²) < 4.78 is 5.60. The number of aryl methyl sites for hydroxylation is 2. The number of nitrogens with zero attached hydrogens (tertiary/aromatic N) is 2. The Balaban J connectivity index is 1.49. The lowest BCUT2D eigenvalue weighted by Crippen LogP contribution is -2.44. The zero-order valence-corrected chi connectivity index (χ0v) is 15.7. The lowest BCUT2D eigenvalue weighted by Gasteiger charge is -2.11. The van der Waals surface area contributed by atoms with Gasteiger partial charge >= 0.3 is 6.03 Å². The number of carbonyl (C=O) groups is 2. The lowest BCUT2D eigenvalue weighted by molar-refractivity contribution is -0.117. The number of aromatic nitrogens is 2. The molecule has 7 nitrogen and oxygen atoms in total. The van der Waals surface area contributed by atoms with Crippen LogP contribution in [0, 0.1) is 13.8 Å². The Bertz CT molecular complexity index is 779. The van der Waals surface area contributed by atoms with Crippen molar-refractivity contribution in [2.75, 3.05) is 5.75 Å². The maximum atomic E-state index is 11.9. The number of hydrogen-bond donors (Lipinski definition) is 2. The first kappa shape index (κ1) is 18.4. The van der Waals surface area contributed by atoms with Crippen molar-refractivity contribution < 1.29 is 14.0 Å². The number of benzene rings is 1. The quantitative estimate of drug-likeness (QED) is 0.780. The van der Waals surface area contributed by atoms with Gasteiger partial charge in [0.15, 0.2) is 0 Å². The zero-order chi connectivity index (χ0) is 18.5. The molecule has 0 aliphatic heterocycles. The molecular formula is C18H22N4O3S. The molecule has 1 fully saturated rings. The predicted molar refractivity (Wildman–Crippen MR) is 98.9 cm³/mol. The van der Waals surface area contributed by atoms with Crippen molar-refractivity contribution in [3.05, 3.63) is 29.3 Å². The van der Waals surface area contributed by atoms with Gasteiger partial charge in [0.2, 0.25) is 11.8 Å². The van der Waals surface area contributed by atoms with E-state index in [1.807, 2.05) is 26.0 Å². The standard InChI is InChI=1S/C18H22N4O3S/c1-11-7-12(2)9-13(8-11)16-21-22-18(25-16)26-10-15(23)20-17(24)19-14-5-3-4-6-14/h7-9,14H,3-6,10H2,1-2H3,(H2,19,20,23,24). The second-order valence-electron chi connectivity index (χ2n) is 6.54. The van der Waals surface area contributed by atoms with Gasteiger partial charge < -0.3 is 9.73 Å². The summed E-state index contributed by atoms with van der Waals surface area (Å²) in [4.78, 5) is 23.7. The summed E-state index contributed by atoms with van der Waals surface area (Å²) in [6.45, 7) is 4.01. The molecule has 0 unspecified atom stereocenters. The molecule has 1 aliphatic rings. The third-order valence-electron chi connectivity index (χ3n) is 4.15. The number of rotatable bonds is 5. The van der Waals surface area contributed by atoms with Crippen LogP contribution in [0.2, 0.25) is 0 Å². The van der Waals surface area contributed by atoms with E-state index in [9.17, 15) is 9.59 Å². The first-order chi connectivity index (χ1) is 12.5. The minimum Gasteiger partial charge on any atom is -0.411 e. The Kier molecular flexibility index (Phi) is 5.92. The molecule has 26 heavy (non-hydrogen) atoms. The van der Waals surface area contributed by atoms with Crippen LogP contribution >= 0.6 is 11.8 Å². The van der Waals surface area contributed by atoms with E-state index in [0.29, 0.717) is 11.1 Å². The molecule has 2 N–H and O–H groups in total. The molecule has 2 aromatic rings. The van der Waals surface area contributed by atoms with Crippen LogP contribution in [-0.2, 0) is 4.79 Å². The third kappa shape index (κ3) is 5.08. The number of nitrogens with one attached hydrogen (secondary N) is 2. The molecule has 0 saturated heterocycles. The van der Waals surface area contributed by atoms with Crippen LogP contribution in [0.4, 0.5) is 4.79 Å². The number of thioether (sulfide) groups is 1. The molecule has 8 heteroatoms. The summed E-state index contributed by atoms with van der Waals surface area (Å²) in [7, 11) is 0. The van der Waals surface area contributed by atoms with E-state index in [0.717, 1.165) is 54.1 Å². The van der Waals surface area contributed by atoms with Crippen LogP contribution in [0.15, 0.2) is 27.8 Å². The predicted octanol–water partition coefficient (Wildman–Crippen LogP) is 3.21. The van der Waals surface area contributed by atoms with Gasteiger partial charge in [-0.2, -0.15) is 0 Å². The summed E-state index contributed by atoms with van der Waals surface area (Å²) in [6.07, 6.45) is 4.18. The highest BCUT2D eigenvalue weighted by Crippen LogP contribution is 2.24. The van der Waals surface area contributed by atoms with Gasteiger partial charge in [-0.05, 0) is 38.8 Å². The largest absolute Gasteiger partial charge is 0.411 e. The van der Waals surface area contributed by atoms with Crippen LogP contribution in [0.3, 0.4) is 0 Å². The zero-order valence-electron chi connectivity index (χ0n) is 14.9. The molecule has 0 spiro atoms. The van der Waals surface area contributed by atoms with Crippen molar-refractivity contribution >= 4 is 23.7 Å². The molecule has 3 rings (SSSR count). The van der Waals surface area contributed by atoms with E-state index in [4.69, 9.17) is 4.42 Å². The van der Waals surface area contributed by atoms with Crippen molar-refractivity contribution in [3.63, 3.8) is 0 Å². The summed E-state index contributed by atoms with van der Waals surface area (Å²) in [5.74, 6) is 0.0577. The van der Waals surface area contributed by atoms with Gasteiger partial charge in [0, 0.05) is 11.6 Å². The van der Waals surface area contributed by atoms with E-state index in [1.54, 1.807) is 0 Å². The minimum absolute atomic E-state index is 0.0343. The van der Waals surface area contributed by atoms with Gasteiger partial charge in [0.25, 0.3) is 5.22 Å². The molecule has 138 valence electrons. The van der Waals surface area contributed by atoms with Crippen molar-refractivity contribution in [1.82, 2.24) is 20.8 Å². The van der Waals surface area contributed by atoms with E-state index in [2.05, 4.69) is 26.9 Å². The Morgan fingerprint density at radius 3 is 2.54 bits per heavy atom. The fraction of sp³-hybridized carbons (Fsp3) is 0.444. The Morgan fingerprint density at radius 2 is 1.85 bits per heavy atom. The van der Waals surface area contributed by atoms with Gasteiger partial charge in [-0.25, -0.2) is 4.79 Å². The summed E-state index contributed by atoms with van der Waals surface area (Å²) in [6, 6.07) is 5.73. The van der Waals surface area contributed by atoms with Crippen LogP contribution in [0.25, 0.3) is 11.5 Å². The van der Waals surface area contributed by atoms with Gasteiger partial charge in [0.05, 0.1) is 5.75 Å². The van der Waals surface area contributed by atoms with Crippen LogP contribution < -0.4 is 10.6 Å². The normalized spacial score (nSPS) is 14.4. The average Bonchev–Trinajstić information content (AvgIpc) is 3.23. The molecule has 1 saturated carbocycles. The summed E-state index contributed by atoms with van der Waals surface area (Å²) >= 11 is 1.10. The van der Waals surface area contributed by atoms with E-state index < -0.39 is 11.9 Å². The molecular weight excluding hydrogens is 352 g/mol. The molecule has 1 aromatic carbocycles. The Labute approximate surface area is 156 Å².